The molecule has 158 valence electrons. The van der Waals surface area contributed by atoms with Gasteiger partial charge in [0.25, 0.3) is 11.5 Å². The van der Waals surface area contributed by atoms with E-state index in [9.17, 15) is 14.0 Å². The van der Waals surface area contributed by atoms with E-state index in [1.807, 2.05) is 32.0 Å². The van der Waals surface area contributed by atoms with Gasteiger partial charge >= 0.3 is 0 Å². The normalized spacial score (nSPS) is 11.1. The van der Waals surface area contributed by atoms with Crippen LogP contribution in [0, 0.1) is 26.6 Å². The second-order valence-electron chi connectivity index (χ2n) is 7.24. The van der Waals surface area contributed by atoms with Gasteiger partial charge in [-0.15, -0.1) is 23.1 Å². The number of fused-ring (bicyclic) bond motifs is 1. The third-order valence-corrected chi connectivity index (χ3v) is 7.13. The van der Waals surface area contributed by atoms with Crippen LogP contribution < -0.4 is 10.9 Å². The first-order valence-electron chi connectivity index (χ1n) is 9.61. The van der Waals surface area contributed by atoms with Gasteiger partial charge in [-0.1, -0.05) is 29.8 Å². The van der Waals surface area contributed by atoms with E-state index in [0.29, 0.717) is 37.1 Å². The standard InChI is InChI=1S/C23H20FN3O2S2/c1-12-8-9-16(13(2)10-12)25-22(29)20-14(3)19-21(28)26-18(27-23(19)31-20)11-30-17-7-5-4-6-15(17)24/h4-10H,11H2,1-3H3,(H,25,29)(H,26,27,28). The van der Waals surface area contributed by atoms with Crippen molar-refractivity contribution < 1.29 is 9.18 Å². The van der Waals surface area contributed by atoms with Gasteiger partial charge < -0.3 is 10.3 Å². The van der Waals surface area contributed by atoms with Crippen LogP contribution >= 0.6 is 23.1 Å². The van der Waals surface area contributed by atoms with Crippen LogP contribution in [-0.4, -0.2) is 15.9 Å². The smallest absolute Gasteiger partial charge is 0.266 e. The molecule has 0 aliphatic heterocycles. The average Bonchev–Trinajstić information content (AvgIpc) is 3.06. The Morgan fingerprint density at radius 1 is 1.19 bits per heavy atom. The highest BCUT2D eigenvalue weighted by molar-refractivity contribution is 7.98. The molecule has 1 amide bonds. The number of rotatable bonds is 5. The second kappa shape index (κ2) is 8.64. The van der Waals surface area contributed by atoms with E-state index in [4.69, 9.17) is 0 Å². The fourth-order valence-electron chi connectivity index (χ4n) is 3.31. The van der Waals surface area contributed by atoms with Crippen molar-refractivity contribution in [2.45, 2.75) is 31.4 Å². The SMILES string of the molecule is Cc1ccc(NC(=O)c2sc3nc(CSc4ccccc4F)[nH]c(=O)c3c2C)c(C)c1. The summed E-state index contributed by atoms with van der Waals surface area (Å²) in [6, 6.07) is 12.3. The number of aryl methyl sites for hydroxylation is 3. The summed E-state index contributed by atoms with van der Waals surface area (Å²) in [5.74, 6) is 0.170. The minimum atomic E-state index is -0.312. The Bertz CT molecular complexity index is 1360. The molecule has 0 saturated carbocycles. The number of benzene rings is 2. The van der Waals surface area contributed by atoms with E-state index in [1.165, 1.54) is 29.2 Å². The summed E-state index contributed by atoms with van der Waals surface area (Å²) in [7, 11) is 0. The highest BCUT2D eigenvalue weighted by Gasteiger charge is 2.20. The van der Waals surface area contributed by atoms with Crippen LogP contribution in [0.2, 0.25) is 0 Å². The van der Waals surface area contributed by atoms with Crippen molar-refractivity contribution in [1.29, 1.82) is 0 Å². The van der Waals surface area contributed by atoms with E-state index in [2.05, 4.69) is 15.3 Å². The fourth-order valence-corrected chi connectivity index (χ4v) is 5.22. The number of H-pyrrole nitrogens is 1. The molecule has 0 spiro atoms. The maximum absolute atomic E-state index is 13.8. The molecule has 4 rings (SSSR count). The van der Waals surface area contributed by atoms with E-state index in [-0.39, 0.29) is 17.3 Å². The molecular formula is C23H20FN3O2S2. The molecular weight excluding hydrogens is 433 g/mol. The van der Waals surface area contributed by atoms with Crippen LogP contribution in [0.4, 0.5) is 10.1 Å². The van der Waals surface area contributed by atoms with E-state index >= 15 is 0 Å². The summed E-state index contributed by atoms with van der Waals surface area (Å²) in [4.78, 5) is 34.3. The van der Waals surface area contributed by atoms with Crippen LogP contribution in [0.15, 0.2) is 52.2 Å². The molecule has 2 N–H and O–H groups in total. The number of hydrogen-bond acceptors (Lipinski definition) is 5. The summed E-state index contributed by atoms with van der Waals surface area (Å²) < 4.78 is 13.8. The summed E-state index contributed by atoms with van der Waals surface area (Å²) in [5, 5.41) is 3.34. The quantitative estimate of drug-likeness (QED) is 0.386. The average molecular weight is 454 g/mol. The Morgan fingerprint density at radius 3 is 2.71 bits per heavy atom. The number of anilines is 1. The Kier molecular flexibility index (Phi) is 5.93. The van der Waals surface area contributed by atoms with Crippen molar-refractivity contribution in [3.8, 4) is 0 Å². The molecule has 8 heteroatoms. The van der Waals surface area contributed by atoms with Gasteiger partial charge in [0.15, 0.2) is 0 Å². The van der Waals surface area contributed by atoms with Crippen molar-refractivity contribution in [1.82, 2.24) is 9.97 Å². The highest BCUT2D eigenvalue weighted by Crippen LogP contribution is 2.30. The minimum absolute atomic E-state index is 0.269. The Labute approximate surface area is 186 Å². The summed E-state index contributed by atoms with van der Waals surface area (Å²) in [5.41, 5.74) is 3.12. The Hall–Kier alpha value is -2.97. The van der Waals surface area contributed by atoms with Gasteiger partial charge in [-0.25, -0.2) is 9.37 Å². The lowest BCUT2D eigenvalue weighted by molar-refractivity contribution is 0.103. The molecule has 0 fully saturated rings. The number of amides is 1. The van der Waals surface area contributed by atoms with Gasteiger partial charge in [0.2, 0.25) is 0 Å². The zero-order chi connectivity index (χ0) is 22.1. The molecule has 5 nitrogen and oxygen atoms in total. The van der Waals surface area contributed by atoms with Gasteiger partial charge in [-0.3, -0.25) is 9.59 Å². The molecule has 0 atom stereocenters. The van der Waals surface area contributed by atoms with E-state index < -0.39 is 0 Å². The van der Waals surface area contributed by atoms with Crippen LogP contribution in [-0.2, 0) is 5.75 Å². The lowest BCUT2D eigenvalue weighted by atomic mass is 10.1. The second-order valence-corrected chi connectivity index (χ2v) is 9.26. The highest BCUT2D eigenvalue weighted by atomic mass is 32.2. The van der Waals surface area contributed by atoms with Crippen molar-refractivity contribution >= 4 is 44.9 Å². The molecule has 0 unspecified atom stereocenters. The Balaban J connectivity index is 1.62. The predicted octanol–water partition coefficient (Wildman–Crippen LogP) is 5.59. The topological polar surface area (TPSA) is 74.8 Å². The molecule has 31 heavy (non-hydrogen) atoms. The number of hydrogen-bond donors (Lipinski definition) is 2. The molecule has 0 saturated heterocycles. The molecule has 0 aliphatic rings. The third-order valence-electron chi connectivity index (χ3n) is 4.89. The monoisotopic (exact) mass is 453 g/mol. The van der Waals surface area contributed by atoms with Crippen LogP contribution in [0.1, 0.15) is 32.2 Å². The van der Waals surface area contributed by atoms with Crippen molar-refractivity contribution in [3.05, 3.63) is 86.0 Å². The molecule has 2 aromatic carbocycles. The van der Waals surface area contributed by atoms with Gasteiger partial charge in [0, 0.05) is 10.6 Å². The zero-order valence-corrected chi connectivity index (χ0v) is 18.8. The molecule has 2 heterocycles. The molecule has 0 bridgehead atoms. The summed E-state index contributed by atoms with van der Waals surface area (Å²) in [6.07, 6.45) is 0. The minimum Gasteiger partial charge on any atom is -0.321 e. The Morgan fingerprint density at radius 2 is 1.97 bits per heavy atom. The number of carbonyl (C=O) groups excluding carboxylic acids is 1. The number of halogens is 1. The van der Waals surface area contributed by atoms with Gasteiger partial charge in [0.05, 0.1) is 16.0 Å². The van der Waals surface area contributed by atoms with Gasteiger partial charge in [-0.05, 0) is 50.1 Å². The van der Waals surface area contributed by atoms with Gasteiger partial charge in [0.1, 0.15) is 16.5 Å². The summed E-state index contributed by atoms with van der Waals surface area (Å²) in [6.45, 7) is 5.68. The first-order valence-corrected chi connectivity index (χ1v) is 11.4. The first kappa shape index (κ1) is 21.3. The number of carbonyl (C=O) groups is 1. The maximum Gasteiger partial charge on any atom is 0.266 e. The van der Waals surface area contributed by atoms with E-state index in [0.717, 1.165) is 16.8 Å². The molecule has 2 aromatic heterocycles. The summed E-state index contributed by atoms with van der Waals surface area (Å²) >= 11 is 2.44. The maximum atomic E-state index is 13.8. The zero-order valence-electron chi connectivity index (χ0n) is 17.2. The van der Waals surface area contributed by atoms with Crippen molar-refractivity contribution in [3.63, 3.8) is 0 Å². The fraction of sp³-hybridized carbons (Fsp3) is 0.174. The van der Waals surface area contributed by atoms with Crippen molar-refractivity contribution in [2.75, 3.05) is 5.32 Å². The molecule has 0 aliphatic carbocycles. The van der Waals surface area contributed by atoms with Crippen LogP contribution in [0.5, 0.6) is 0 Å². The number of nitrogens with zero attached hydrogens (tertiary/aromatic N) is 1. The van der Waals surface area contributed by atoms with Gasteiger partial charge in [-0.2, -0.15) is 0 Å². The number of thiophene rings is 1. The number of nitrogens with one attached hydrogen (secondary N) is 2. The predicted molar refractivity (Wildman–Crippen MR) is 125 cm³/mol. The number of aromatic amines is 1. The lowest BCUT2D eigenvalue weighted by Crippen LogP contribution is -2.13. The number of aromatic nitrogens is 2. The molecule has 0 radical (unpaired) electrons. The van der Waals surface area contributed by atoms with Crippen molar-refractivity contribution in [2.24, 2.45) is 0 Å². The van der Waals surface area contributed by atoms with Crippen LogP contribution in [0.3, 0.4) is 0 Å². The third kappa shape index (κ3) is 4.40. The lowest BCUT2D eigenvalue weighted by Gasteiger charge is -2.08. The van der Waals surface area contributed by atoms with E-state index in [1.54, 1.807) is 25.1 Å². The number of thioether (sulfide) groups is 1. The largest absolute Gasteiger partial charge is 0.321 e. The molecule has 4 aromatic rings. The first-order chi connectivity index (χ1) is 14.8. The van der Waals surface area contributed by atoms with Crippen LogP contribution in [0.25, 0.3) is 10.2 Å².